The monoisotopic (exact) mass is 464 g/mol. The Morgan fingerprint density at radius 3 is 2.35 bits per heavy atom. The number of nitro groups is 1. The SMILES string of the molecule is COc1ccccc1OCCC(=O)OC(C(=O)Nc1ccc(C)cc1[N+](=O)[O-])c1ccccc1. The lowest BCUT2D eigenvalue weighted by Crippen LogP contribution is -2.26. The molecule has 3 aromatic carbocycles. The van der Waals surface area contributed by atoms with Gasteiger partial charge in [-0.05, 0) is 30.7 Å². The number of benzene rings is 3. The van der Waals surface area contributed by atoms with Gasteiger partial charge >= 0.3 is 5.97 Å². The van der Waals surface area contributed by atoms with Crippen LogP contribution in [0.2, 0.25) is 0 Å². The molecule has 1 atom stereocenters. The largest absolute Gasteiger partial charge is 0.493 e. The molecule has 34 heavy (non-hydrogen) atoms. The molecule has 1 amide bonds. The quantitative estimate of drug-likeness (QED) is 0.265. The van der Waals surface area contributed by atoms with Crippen molar-refractivity contribution in [1.82, 2.24) is 0 Å². The molecule has 0 aliphatic carbocycles. The molecule has 3 aromatic rings. The van der Waals surface area contributed by atoms with E-state index in [2.05, 4.69) is 5.32 Å². The third-order valence-corrected chi connectivity index (χ3v) is 4.83. The van der Waals surface area contributed by atoms with Crippen molar-refractivity contribution in [1.29, 1.82) is 0 Å². The predicted octanol–water partition coefficient (Wildman–Crippen LogP) is 4.60. The number of nitrogens with zero attached hydrogens (tertiary/aromatic N) is 1. The van der Waals surface area contributed by atoms with E-state index < -0.39 is 22.9 Å². The average Bonchev–Trinajstić information content (AvgIpc) is 2.84. The molecule has 176 valence electrons. The number of methoxy groups -OCH3 is 1. The van der Waals surface area contributed by atoms with Gasteiger partial charge in [-0.3, -0.25) is 19.7 Å². The number of para-hydroxylation sites is 2. The second-order valence-electron chi connectivity index (χ2n) is 7.30. The zero-order chi connectivity index (χ0) is 24.5. The molecule has 1 N–H and O–H groups in total. The molecule has 0 aromatic heterocycles. The summed E-state index contributed by atoms with van der Waals surface area (Å²) in [5.41, 5.74) is 0.855. The van der Waals surface area contributed by atoms with Crippen LogP contribution in [0.15, 0.2) is 72.8 Å². The lowest BCUT2D eigenvalue weighted by Gasteiger charge is -2.18. The Balaban J connectivity index is 1.71. The Morgan fingerprint density at radius 2 is 1.68 bits per heavy atom. The lowest BCUT2D eigenvalue weighted by molar-refractivity contribution is -0.384. The van der Waals surface area contributed by atoms with Crippen LogP contribution >= 0.6 is 0 Å². The summed E-state index contributed by atoms with van der Waals surface area (Å²) in [6.07, 6.45) is -1.43. The van der Waals surface area contributed by atoms with Crippen molar-refractivity contribution < 1.29 is 28.7 Å². The van der Waals surface area contributed by atoms with Crippen LogP contribution in [-0.2, 0) is 14.3 Å². The van der Waals surface area contributed by atoms with E-state index in [1.807, 2.05) is 0 Å². The van der Waals surface area contributed by atoms with Crippen LogP contribution in [0.25, 0.3) is 0 Å². The van der Waals surface area contributed by atoms with Gasteiger partial charge in [-0.1, -0.05) is 48.5 Å². The van der Waals surface area contributed by atoms with Crippen LogP contribution in [-0.4, -0.2) is 30.5 Å². The van der Waals surface area contributed by atoms with Crippen molar-refractivity contribution in [2.24, 2.45) is 0 Å². The smallest absolute Gasteiger partial charge is 0.310 e. The molecule has 0 saturated carbocycles. The van der Waals surface area contributed by atoms with Crippen molar-refractivity contribution in [3.8, 4) is 11.5 Å². The summed E-state index contributed by atoms with van der Waals surface area (Å²) in [5.74, 6) is -0.381. The van der Waals surface area contributed by atoms with E-state index in [0.29, 0.717) is 22.6 Å². The fourth-order valence-electron chi connectivity index (χ4n) is 3.17. The summed E-state index contributed by atoms with van der Waals surface area (Å²) in [7, 11) is 1.51. The molecule has 0 bridgehead atoms. The van der Waals surface area contributed by atoms with E-state index in [1.54, 1.807) is 67.6 Å². The summed E-state index contributed by atoms with van der Waals surface area (Å²) in [4.78, 5) is 36.4. The Bertz CT molecular complexity index is 1160. The number of nitro benzene ring substituents is 1. The lowest BCUT2D eigenvalue weighted by atomic mass is 10.1. The first-order valence-corrected chi connectivity index (χ1v) is 10.4. The molecule has 9 heteroatoms. The summed E-state index contributed by atoms with van der Waals surface area (Å²) in [6, 6.07) is 19.9. The topological polar surface area (TPSA) is 117 Å². The summed E-state index contributed by atoms with van der Waals surface area (Å²) >= 11 is 0. The number of ether oxygens (including phenoxy) is 3. The minimum absolute atomic E-state index is 0.00572. The highest BCUT2D eigenvalue weighted by Gasteiger charge is 2.27. The van der Waals surface area contributed by atoms with E-state index in [1.165, 1.54) is 19.2 Å². The molecule has 0 aliphatic rings. The molecule has 0 saturated heterocycles. The van der Waals surface area contributed by atoms with Crippen LogP contribution in [0.3, 0.4) is 0 Å². The molecule has 0 aliphatic heterocycles. The average molecular weight is 464 g/mol. The van der Waals surface area contributed by atoms with Crippen molar-refractivity contribution in [3.05, 3.63) is 94.0 Å². The first-order chi connectivity index (χ1) is 16.4. The number of hydrogen-bond acceptors (Lipinski definition) is 7. The van der Waals surface area contributed by atoms with Gasteiger partial charge in [0.25, 0.3) is 11.6 Å². The Morgan fingerprint density at radius 1 is 1.00 bits per heavy atom. The van der Waals surface area contributed by atoms with Crippen LogP contribution < -0.4 is 14.8 Å². The zero-order valence-electron chi connectivity index (χ0n) is 18.7. The number of amides is 1. The third kappa shape index (κ3) is 6.32. The minimum atomic E-state index is -1.30. The van der Waals surface area contributed by atoms with Gasteiger partial charge in [0, 0.05) is 11.6 Å². The van der Waals surface area contributed by atoms with Gasteiger partial charge in [-0.2, -0.15) is 0 Å². The van der Waals surface area contributed by atoms with E-state index in [9.17, 15) is 19.7 Å². The van der Waals surface area contributed by atoms with Crippen molar-refractivity contribution in [2.45, 2.75) is 19.4 Å². The van der Waals surface area contributed by atoms with Gasteiger partial charge in [-0.15, -0.1) is 0 Å². The number of carbonyl (C=O) groups is 2. The van der Waals surface area contributed by atoms with Crippen LogP contribution in [0, 0.1) is 17.0 Å². The highest BCUT2D eigenvalue weighted by atomic mass is 16.6. The first kappa shape index (κ1) is 24.2. The van der Waals surface area contributed by atoms with E-state index in [-0.39, 0.29) is 24.4 Å². The van der Waals surface area contributed by atoms with Gasteiger partial charge in [0.2, 0.25) is 6.10 Å². The zero-order valence-corrected chi connectivity index (χ0v) is 18.7. The Kier molecular flexibility index (Phi) is 8.17. The fourth-order valence-corrected chi connectivity index (χ4v) is 3.17. The number of anilines is 1. The number of rotatable bonds is 10. The molecule has 0 radical (unpaired) electrons. The molecular formula is C25H24N2O7. The number of aryl methyl sites for hydroxylation is 1. The molecule has 0 heterocycles. The summed E-state index contributed by atoms with van der Waals surface area (Å²) < 4.78 is 16.3. The van der Waals surface area contributed by atoms with Gasteiger partial charge < -0.3 is 19.5 Å². The van der Waals surface area contributed by atoms with Gasteiger partial charge in [0.1, 0.15) is 5.69 Å². The summed E-state index contributed by atoms with van der Waals surface area (Å²) in [6.45, 7) is 1.71. The molecule has 0 spiro atoms. The highest BCUT2D eigenvalue weighted by molar-refractivity contribution is 5.97. The Labute approximate surface area is 196 Å². The van der Waals surface area contributed by atoms with Crippen LogP contribution in [0.1, 0.15) is 23.7 Å². The normalized spacial score (nSPS) is 11.2. The first-order valence-electron chi connectivity index (χ1n) is 10.4. The maximum Gasteiger partial charge on any atom is 0.310 e. The van der Waals surface area contributed by atoms with Crippen LogP contribution in [0.4, 0.5) is 11.4 Å². The maximum atomic E-state index is 13.0. The fraction of sp³-hybridized carbons (Fsp3) is 0.200. The van der Waals surface area contributed by atoms with Crippen molar-refractivity contribution in [2.75, 3.05) is 19.0 Å². The van der Waals surface area contributed by atoms with Gasteiger partial charge in [0.15, 0.2) is 11.5 Å². The molecular weight excluding hydrogens is 440 g/mol. The molecule has 3 rings (SSSR count). The number of nitrogens with one attached hydrogen (secondary N) is 1. The Hall–Kier alpha value is -4.40. The van der Waals surface area contributed by atoms with Crippen molar-refractivity contribution in [3.63, 3.8) is 0 Å². The standard InChI is InChI=1S/C25H24N2O7/c1-17-12-13-19(20(16-17)27(30)31)26-25(29)24(18-8-4-3-5-9-18)34-23(28)14-15-33-22-11-7-6-10-21(22)32-2/h3-13,16,24H,14-15H2,1-2H3,(H,26,29). The predicted molar refractivity (Wildman–Crippen MR) is 125 cm³/mol. The van der Waals surface area contributed by atoms with Crippen LogP contribution in [0.5, 0.6) is 11.5 Å². The summed E-state index contributed by atoms with van der Waals surface area (Å²) in [5, 5.41) is 13.9. The number of hydrogen-bond donors (Lipinski definition) is 1. The molecule has 1 unspecified atom stereocenters. The highest BCUT2D eigenvalue weighted by Crippen LogP contribution is 2.28. The van der Waals surface area contributed by atoms with E-state index in [0.717, 1.165) is 0 Å². The van der Waals surface area contributed by atoms with E-state index in [4.69, 9.17) is 14.2 Å². The second-order valence-corrected chi connectivity index (χ2v) is 7.30. The third-order valence-electron chi connectivity index (χ3n) is 4.83. The molecule has 0 fully saturated rings. The van der Waals surface area contributed by atoms with E-state index >= 15 is 0 Å². The van der Waals surface area contributed by atoms with Crippen molar-refractivity contribution >= 4 is 23.3 Å². The van der Waals surface area contributed by atoms with Gasteiger partial charge in [0.05, 0.1) is 25.1 Å². The minimum Gasteiger partial charge on any atom is -0.493 e. The molecule has 9 nitrogen and oxygen atoms in total. The maximum absolute atomic E-state index is 13.0. The number of esters is 1. The number of carbonyl (C=O) groups excluding carboxylic acids is 2. The second kappa shape index (κ2) is 11.5. The van der Waals surface area contributed by atoms with Gasteiger partial charge in [-0.25, -0.2) is 0 Å².